The van der Waals surface area contributed by atoms with Gasteiger partial charge in [0.15, 0.2) is 0 Å². The maximum Gasteiger partial charge on any atom is 0.00419 e. The molecule has 0 fully saturated rings. The lowest BCUT2D eigenvalue weighted by atomic mass is 10.2. The molecule has 0 radical (unpaired) electrons. The first-order chi connectivity index (χ1) is 8.08. The first kappa shape index (κ1) is 14.7. The molecule has 0 aliphatic rings. The fourth-order valence-corrected chi connectivity index (χ4v) is 3.51. The minimum absolute atomic E-state index is 0.761. The Balaban J connectivity index is 2.43. The van der Waals surface area contributed by atoms with Gasteiger partial charge in [0.1, 0.15) is 0 Å². The summed E-state index contributed by atoms with van der Waals surface area (Å²) < 4.78 is 2.63. The van der Waals surface area contributed by atoms with Crippen molar-refractivity contribution < 1.29 is 0 Å². The maximum atomic E-state index is 2.63. The predicted molar refractivity (Wildman–Crippen MR) is 79.7 cm³/mol. The second kappa shape index (κ2) is 7.84. The minimum Gasteiger partial charge on any atom is -0.284 e. The van der Waals surface area contributed by atoms with E-state index in [-0.39, 0.29) is 0 Å². The van der Waals surface area contributed by atoms with Gasteiger partial charge in [0.25, 0.3) is 0 Å². The molecule has 0 saturated carbocycles. The molecular weight excluding hydrogens is 225 g/mol. The third kappa shape index (κ3) is 6.81. The number of hydrogen-bond acceptors (Lipinski definition) is 1. The fourth-order valence-electron chi connectivity index (χ4n) is 1.88. The van der Waals surface area contributed by atoms with Crippen molar-refractivity contribution in [2.45, 2.75) is 33.9 Å². The Labute approximate surface area is 108 Å². The highest BCUT2D eigenvalue weighted by Crippen LogP contribution is 2.25. The van der Waals surface area contributed by atoms with Crippen LogP contribution >= 0.6 is 8.73 Å². The lowest BCUT2D eigenvalue weighted by molar-refractivity contribution is 0.358. The van der Waals surface area contributed by atoms with Gasteiger partial charge < -0.3 is 0 Å². The summed E-state index contributed by atoms with van der Waals surface area (Å²) in [5.41, 5.74) is 1.46. The topological polar surface area (TPSA) is 3.24 Å². The van der Waals surface area contributed by atoms with Gasteiger partial charge in [0.05, 0.1) is 0 Å². The summed E-state index contributed by atoms with van der Waals surface area (Å²) in [5.74, 6) is 1.52. The van der Waals surface area contributed by atoms with Crippen LogP contribution < -0.4 is 0 Å². The van der Waals surface area contributed by atoms with E-state index in [9.17, 15) is 0 Å². The van der Waals surface area contributed by atoms with Crippen molar-refractivity contribution >= 4 is 8.73 Å². The van der Waals surface area contributed by atoms with E-state index in [1.165, 1.54) is 24.8 Å². The van der Waals surface area contributed by atoms with Crippen molar-refractivity contribution in [2.75, 3.05) is 13.1 Å². The largest absolute Gasteiger partial charge is 0.284 e. The summed E-state index contributed by atoms with van der Waals surface area (Å²) in [4.78, 5) is 0. The normalized spacial score (nSPS) is 12.4. The second-order valence-electron chi connectivity index (χ2n) is 5.51. The molecule has 0 amide bonds. The highest BCUT2D eigenvalue weighted by atomic mass is 31.1. The summed E-state index contributed by atoms with van der Waals surface area (Å²) >= 11 is 0. The van der Waals surface area contributed by atoms with Crippen molar-refractivity contribution in [1.29, 1.82) is 0 Å². The number of rotatable bonds is 7. The molecule has 0 heterocycles. The summed E-state index contributed by atoms with van der Waals surface area (Å²) in [6.07, 6.45) is 1.19. The van der Waals surface area contributed by atoms with Gasteiger partial charge in [-0.25, -0.2) is 0 Å². The molecule has 0 N–H and O–H groups in total. The quantitative estimate of drug-likeness (QED) is 0.649. The SMILES string of the molecule is CC(C)CN(CC(C)C)PCc1ccccc1. The molecule has 0 spiro atoms. The first-order valence-corrected chi connectivity index (χ1v) is 7.75. The van der Waals surface area contributed by atoms with E-state index in [1.54, 1.807) is 0 Å². The molecule has 96 valence electrons. The standard InChI is InChI=1S/C15H26NP/c1-13(2)10-16(11-14(3)4)17-12-15-8-6-5-7-9-15/h5-9,13-14,17H,10-12H2,1-4H3. The average Bonchev–Trinajstić information content (AvgIpc) is 2.26. The minimum atomic E-state index is 0.761. The van der Waals surface area contributed by atoms with E-state index in [2.05, 4.69) is 62.7 Å². The molecule has 0 aliphatic heterocycles. The summed E-state index contributed by atoms with van der Waals surface area (Å²) in [5, 5.41) is 0. The molecule has 1 rings (SSSR count). The van der Waals surface area contributed by atoms with Crippen LogP contribution in [0.3, 0.4) is 0 Å². The van der Waals surface area contributed by atoms with E-state index in [0.717, 1.165) is 20.6 Å². The Morgan fingerprint density at radius 3 is 1.94 bits per heavy atom. The smallest absolute Gasteiger partial charge is 0.00419 e. The third-order valence-electron chi connectivity index (χ3n) is 2.52. The molecule has 0 aliphatic carbocycles. The maximum absolute atomic E-state index is 2.63. The highest BCUT2D eigenvalue weighted by Gasteiger charge is 2.09. The second-order valence-corrected chi connectivity index (χ2v) is 6.82. The lowest BCUT2D eigenvalue weighted by Gasteiger charge is -2.25. The highest BCUT2D eigenvalue weighted by molar-refractivity contribution is 7.34. The van der Waals surface area contributed by atoms with E-state index >= 15 is 0 Å². The van der Waals surface area contributed by atoms with Crippen LogP contribution in [0.15, 0.2) is 30.3 Å². The van der Waals surface area contributed by atoms with Crippen molar-refractivity contribution in [3.05, 3.63) is 35.9 Å². The number of nitrogens with zero attached hydrogens (tertiary/aromatic N) is 1. The van der Waals surface area contributed by atoms with Gasteiger partial charge >= 0.3 is 0 Å². The Morgan fingerprint density at radius 2 is 1.47 bits per heavy atom. The molecule has 1 aromatic carbocycles. The molecule has 0 bridgehead atoms. The van der Waals surface area contributed by atoms with Gasteiger partial charge in [0, 0.05) is 19.3 Å². The van der Waals surface area contributed by atoms with Crippen LogP contribution in [-0.2, 0) is 6.16 Å². The van der Waals surface area contributed by atoms with Crippen LogP contribution in [0.1, 0.15) is 33.3 Å². The van der Waals surface area contributed by atoms with Gasteiger partial charge in [-0.05, 0) is 26.1 Å². The van der Waals surface area contributed by atoms with Crippen molar-refractivity contribution in [2.24, 2.45) is 11.8 Å². The van der Waals surface area contributed by atoms with Gasteiger partial charge in [-0.1, -0.05) is 58.0 Å². The number of benzene rings is 1. The van der Waals surface area contributed by atoms with Gasteiger partial charge in [0.2, 0.25) is 0 Å². The van der Waals surface area contributed by atoms with E-state index in [0.29, 0.717) is 0 Å². The number of hydrogen-bond donors (Lipinski definition) is 0. The Bertz CT molecular complexity index is 285. The molecule has 1 aromatic rings. The van der Waals surface area contributed by atoms with Crippen LogP contribution in [0.4, 0.5) is 0 Å². The Morgan fingerprint density at radius 1 is 0.941 bits per heavy atom. The summed E-state index contributed by atoms with van der Waals surface area (Å²) in [6.45, 7) is 11.7. The lowest BCUT2D eigenvalue weighted by Crippen LogP contribution is -2.24. The van der Waals surface area contributed by atoms with Crippen molar-refractivity contribution in [3.63, 3.8) is 0 Å². The van der Waals surface area contributed by atoms with Crippen LogP contribution in [0, 0.1) is 11.8 Å². The molecule has 0 saturated heterocycles. The molecule has 1 nitrogen and oxygen atoms in total. The monoisotopic (exact) mass is 251 g/mol. The fraction of sp³-hybridized carbons (Fsp3) is 0.600. The van der Waals surface area contributed by atoms with Crippen LogP contribution in [0.2, 0.25) is 0 Å². The van der Waals surface area contributed by atoms with Crippen LogP contribution in [-0.4, -0.2) is 17.8 Å². The molecule has 1 unspecified atom stereocenters. The van der Waals surface area contributed by atoms with Crippen LogP contribution in [0.25, 0.3) is 0 Å². The van der Waals surface area contributed by atoms with Crippen molar-refractivity contribution in [3.8, 4) is 0 Å². The van der Waals surface area contributed by atoms with Crippen LogP contribution in [0.5, 0.6) is 0 Å². The molecule has 0 aromatic heterocycles. The van der Waals surface area contributed by atoms with E-state index < -0.39 is 0 Å². The Kier molecular flexibility index (Phi) is 6.77. The Hall–Kier alpha value is -0.390. The summed E-state index contributed by atoms with van der Waals surface area (Å²) in [7, 11) is 0.920. The first-order valence-electron chi connectivity index (χ1n) is 6.60. The zero-order valence-corrected chi connectivity index (χ0v) is 12.6. The van der Waals surface area contributed by atoms with E-state index in [4.69, 9.17) is 0 Å². The molecular formula is C15H26NP. The zero-order chi connectivity index (χ0) is 12.7. The van der Waals surface area contributed by atoms with Gasteiger partial charge in [-0.15, -0.1) is 0 Å². The molecule has 17 heavy (non-hydrogen) atoms. The van der Waals surface area contributed by atoms with Gasteiger partial charge in [-0.3, -0.25) is 4.67 Å². The van der Waals surface area contributed by atoms with E-state index in [1.807, 2.05) is 0 Å². The zero-order valence-electron chi connectivity index (χ0n) is 11.6. The molecule has 1 atom stereocenters. The average molecular weight is 251 g/mol. The molecule has 2 heteroatoms. The van der Waals surface area contributed by atoms with Gasteiger partial charge in [-0.2, -0.15) is 0 Å². The third-order valence-corrected chi connectivity index (χ3v) is 3.90. The summed E-state index contributed by atoms with van der Waals surface area (Å²) in [6, 6.07) is 10.8. The van der Waals surface area contributed by atoms with Crippen molar-refractivity contribution in [1.82, 2.24) is 4.67 Å². The predicted octanol–water partition coefficient (Wildman–Crippen LogP) is 4.39.